The molecule has 1 saturated heterocycles. The zero-order valence-corrected chi connectivity index (χ0v) is 11.4. The van der Waals surface area contributed by atoms with E-state index in [1.807, 2.05) is 0 Å². The Balaban J connectivity index is 2.22. The largest absolute Gasteiger partial charge is 0.451 e. The lowest BCUT2D eigenvalue weighted by Crippen LogP contribution is -2.39. The van der Waals surface area contributed by atoms with Gasteiger partial charge in [-0.05, 0) is 12.8 Å². The van der Waals surface area contributed by atoms with Gasteiger partial charge in [0.05, 0.1) is 0 Å². The molecule has 9 heteroatoms. The van der Waals surface area contributed by atoms with Crippen LogP contribution in [0.25, 0.3) is 0 Å². The van der Waals surface area contributed by atoms with Crippen molar-refractivity contribution in [1.82, 2.24) is 9.97 Å². The maximum Gasteiger partial charge on any atom is 0.451 e. The Kier molecular flexibility index (Phi) is 4.19. The monoisotopic (exact) mass is 303 g/mol. The summed E-state index contributed by atoms with van der Waals surface area (Å²) in [5, 5.41) is 2.59. The fourth-order valence-electron chi connectivity index (χ4n) is 2.24. The molecule has 0 bridgehead atoms. The number of alkyl halides is 3. The number of aromatic nitrogens is 2. The third-order valence-electron chi connectivity index (χ3n) is 3.44. The van der Waals surface area contributed by atoms with E-state index in [4.69, 9.17) is 5.73 Å². The zero-order chi connectivity index (χ0) is 15.6. The molecule has 0 atom stereocenters. The summed E-state index contributed by atoms with van der Waals surface area (Å²) in [6.07, 6.45) is -3.59. The Bertz CT molecular complexity index is 526. The van der Waals surface area contributed by atoms with Gasteiger partial charge in [0.25, 0.3) is 0 Å². The number of anilines is 2. The number of nitrogens with one attached hydrogen (secondary N) is 1. The second-order valence-corrected chi connectivity index (χ2v) is 4.85. The van der Waals surface area contributed by atoms with E-state index < -0.39 is 12.0 Å². The van der Waals surface area contributed by atoms with Crippen molar-refractivity contribution in [1.29, 1.82) is 0 Å². The number of carbonyl (C=O) groups excluding carboxylic acids is 1. The third-order valence-corrected chi connectivity index (χ3v) is 3.44. The third kappa shape index (κ3) is 3.53. The molecule has 0 aromatic carbocycles. The van der Waals surface area contributed by atoms with E-state index in [9.17, 15) is 18.0 Å². The lowest BCUT2D eigenvalue weighted by Gasteiger charge is -2.31. The lowest BCUT2D eigenvalue weighted by molar-refractivity contribution is -0.144. The van der Waals surface area contributed by atoms with Crippen molar-refractivity contribution in [3.8, 4) is 0 Å². The maximum atomic E-state index is 12.8. The van der Waals surface area contributed by atoms with Crippen LogP contribution in [0.1, 0.15) is 18.7 Å². The van der Waals surface area contributed by atoms with Crippen molar-refractivity contribution in [2.45, 2.75) is 19.0 Å². The molecule has 1 amide bonds. The van der Waals surface area contributed by atoms with E-state index in [-0.39, 0.29) is 23.5 Å². The van der Waals surface area contributed by atoms with Gasteiger partial charge in [0, 0.05) is 32.1 Å². The lowest BCUT2D eigenvalue weighted by atomic mass is 9.96. The van der Waals surface area contributed by atoms with E-state index in [0.29, 0.717) is 25.9 Å². The molecule has 0 spiro atoms. The Morgan fingerprint density at radius 1 is 1.38 bits per heavy atom. The highest BCUT2D eigenvalue weighted by Gasteiger charge is 2.36. The molecule has 0 unspecified atom stereocenters. The van der Waals surface area contributed by atoms with Crippen LogP contribution in [0.3, 0.4) is 0 Å². The summed E-state index contributed by atoms with van der Waals surface area (Å²) < 4.78 is 38.4. The number of carbonyl (C=O) groups is 1. The number of piperidine rings is 1. The molecule has 1 aromatic rings. The van der Waals surface area contributed by atoms with Crippen molar-refractivity contribution in [3.63, 3.8) is 0 Å². The van der Waals surface area contributed by atoms with E-state index in [2.05, 4.69) is 15.3 Å². The van der Waals surface area contributed by atoms with Gasteiger partial charge < -0.3 is 16.0 Å². The fraction of sp³-hybridized carbons (Fsp3) is 0.583. The average molecular weight is 303 g/mol. The highest BCUT2D eigenvalue weighted by molar-refractivity contribution is 5.77. The molecule has 1 fully saturated rings. The number of rotatable bonds is 3. The zero-order valence-electron chi connectivity index (χ0n) is 11.4. The summed E-state index contributed by atoms with van der Waals surface area (Å²) in [7, 11) is 1.49. The number of amides is 1. The Morgan fingerprint density at radius 3 is 2.48 bits per heavy atom. The normalized spacial score (nSPS) is 16.9. The quantitative estimate of drug-likeness (QED) is 0.877. The minimum absolute atomic E-state index is 0.101. The van der Waals surface area contributed by atoms with Gasteiger partial charge in [0.2, 0.25) is 11.7 Å². The topological polar surface area (TPSA) is 84.1 Å². The second kappa shape index (κ2) is 5.74. The number of halogens is 3. The molecule has 1 aliphatic heterocycles. The van der Waals surface area contributed by atoms with E-state index in [0.717, 1.165) is 0 Å². The predicted molar refractivity (Wildman–Crippen MR) is 70.7 cm³/mol. The van der Waals surface area contributed by atoms with Crippen LogP contribution in [-0.2, 0) is 11.0 Å². The second-order valence-electron chi connectivity index (χ2n) is 4.85. The van der Waals surface area contributed by atoms with E-state index in [1.165, 1.54) is 13.1 Å². The van der Waals surface area contributed by atoms with Gasteiger partial charge >= 0.3 is 6.18 Å². The Labute approximate surface area is 119 Å². The van der Waals surface area contributed by atoms with E-state index >= 15 is 0 Å². The van der Waals surface area contributed by atoms with Gasteiger partial charge in [-0.15, -0.1) is 0 Å². The van der Waals surface area contributed by atoms with Gasteiger partial charge in [0.1, 0.15) is 11.6 Å². The summed E-state index contributed by atoms with van der Waals surface area (Å²) in [6, 6.07) is 1.46. The standard InChI is InChI=1S/C12H16F3N5O/c1-17-8-6-9(19-11(18-8)12(13,14)15)20-4-2-7(3-5-20)10(16)21/h6-7H,2-5H2,1H3,(H2,16,21)(H,17,18,19). The molecule has 2 rings (SSSR count). The smallest absolute Gasteiger partial charge is 0.373 e. The number of hydrogen-bond acceptors (Lipinski definition) is 5. The van der Waals surface area contributed by atoms with Gasteiger partial charge in [-0.3, -0.25) is 4.79 Å². The molecule has 6 nitrogen and oxygen atoms in total. The fourth-order valence-corrected chi connectivity index (χ4v) is 2.24. The summed E-state index contributed by atoms with van der Waals surface area (Å²) in [5.74, 6) is -1.48. The molecule has 0 saturated carbocycles. The average Bonchev–Trinajstić information content (AvgIpc) is 2.46. The summed E-state index contributed by atoms with van der Waals surface area (Å²) in [4.78, 5) is 19.8. The van der Waals surface area contributed by atoms with Crippen molar-refractivity contribution < 1.29 is 18.0 Å². The van der Waals surface area contributed by atoms with Crippen molar-refractivity contribution in [2.24, 2.45) is 11.7 Å². The van der Waals surface area contributed by atoms with Crippen molar-refractivity contribution in [2.75, 3.05) is 30.4 Å². The van der Waals surface area contributed by atoms with Crippen LogP contribution < -0.4 is 16.0 Å². The highest BCUT2D eigenvalue weighted by Crippen LogP contribution is 2.30. The van der Waals surface area contributed by atoms with Gasteiger partial charge in [-0.2, -0.15) is 13.2 Å². The first-order chi connectivity index (χ1) is 9.81. The Hall–Kier alpha value is -2.06. The van der Waals surface area contributed by atoms with Crippen LogP contribution in [0.4, 0.5) is 24.8 Å². The molecule has 2 heterocycles. The first-order valence-electron chi connectivity index (χ1n) is 6.49. The van der Waals surface area contributed by atoms with Crippen molar-refractivity contribution >= 4 is 17.5 Å². The van der Waals surface area contributed by atoms with Crippen LogP contribution in [0.5, 0.6) is 0 Å². The number of hydrogen-bond donors (Lipinski definition) is 2. The van der Waals surface area contributed by atoms with Gasteiger partial charge in [-0.25, -0.2) is 9.97 Å². The van der Waals surface area contributed by atoms with Gasteiger partial charge in [0.15, 0.2) is 0 Å². The first kappa shape index (κ1) is 15.3. The summed E-state index contributed by atoms with van der Waals surface area (Å²) >= 11 is 0. The van der Waals surface area contributed by atoms with Crippen LogP contribution in [0.15, 0.2) is 6.07 Å². The molecule has 1 aliphatic rings. The Morgan fingerprint density at radius 2 is 2.00 bits per heavy atom. The van der Waals surface area contributed by atoms with Gasteiger partial charge in [-0.1, -0.05) is 0 Å². The SMILES string of the molecule is CNc1cc(N2CCC(C(N)=O)CC2)nc(C(F)(F)F)n1. The molecular formula is C12H16F3N5O. The minimum Gasteiger partial charge on any atom is -0.373 e. The van der Waals surface area contributed by atoms with E-state index in [1.54, 1.807) is 4.90 Å². The molecular weight excluding hydrogens is 287 g/mol. The molecule has 0 radical (unpaired) electrons. The number of nitrogens with two attached hydrogens (primary N) is 1. The summed E-state index contributed by atoms with van der Waals surface area (Å²) in [6.45, 7) is 0.871. The highest BCUT2D eigenvalue weighted by atomic mass is 19.4. The van der Waals surface area contributed by atoms with Crippen molar-refractivity contribution in [3.05, 3.63) is 11.9 Å². The van der Waals surface area contributed by atoms with Crippen LogP contribution >= 0.6 is 0 Å². The molecule has 21 heavy (non-hydrogen) atoms. The molecule has 3 N–H and O–H groups in total. The van der Waals surface area contributed by atoms with Crippen LogP contribution in [0.2, 0.25) is 0 Å². The number of primary amides is 1. The molecule has 0 aliphatic carbocycles. The van der Waals surface area contributed by atoms with Crippen LogP contribution in [0, 0.1) is 5.92 Å². The molecule has 1 aromatic heterocycles. The first-order valence-corrected chi connectivity index (χ1v) is 6.49. The minimum atomic E-state index is -4.60. The molecule has 116 valence electrons. The number of nitrogens with zero attached hydrogens (tertiary/aromatic N) is 3. The predicted octanol–water partition coefficient (Wildman–Crippen LogP) is 1.24. The van der Waals surface area contributed by atoms with Crippen LogP contribution in [-0.4, -0.2) is 36.0 Å². The maximum absolute atomic E-state index is 12.8. The summed E-state index contributed by atoms with van der Waals surface area (Å²) in [5.41, 5.74) is 5.24.